The van der Waals surface area contributed by atoms with Gasteiger partial charge >= 0.3 is 0 Å². The van der Waals surface area contributed by atoms with E-state index in [4.69, 9.17) is 23.9 Å². The van der Waals surface area contributed by atoms with Crippen molar-refractivity contribution < 1.29 is 23.4 Å². The number of fused-ring (bicyclic) bond motifs is 3. The first-order chi connectivity index (χ1) is 22.5. The summed E-state index contributed by atoms with van der Waals surface area (Å²) in [7, 11) is 8.83. The van der Waals surface area contributed by atoms with E-state index in [-0.39, 0.29) is 0 Å². The maximum absolute atomic E-state index is 6.06. The lowest BCUT2D eigenvalue weighted by Gasteiger charge is -2.34. The Hall–Kier alpha value is -5.59. The van der Waals surface area contributed by atoms with Crippen LogP contribution in [0.15, 0.2) is 121 Å². The van der Waals surface area contributed by atoms with Gasteiger partial charge in [0.2, 0.25) is 5.84 Å². The summed E-state index contributed by atoms with van der Waals surface area (Å²) in [5.74, 6) is 3.56. The summed E-state index contributed by atoms with van der Waals surface area (Å²) in [5, 5.41) is 0. The number of hydrogen-bond donors (Lipinski definition) is 0. The first-order valence-corrected chi connectivity index (χ1v) is 15.1. The van der Waals surface area contributed by atoms with Gasteiger partial charge in [-0.3, -0.25) is 0 Å². The van der Waals surface area contributed by atoms with Crippen LogP contribution in [-0.4, -0.2) is 45.8 Å². The van der Waals surface area contributed by atoms with Crippen LogP contribution in [0.2, 0.25) is 0 Å². The minimum Gasteiger partial charge on any atom is -0.493 e. The number of hydrogen-bond acceptors (Lipinski definition) is 5. The molecule has 0 N–H and O–H groups in total. The van der Waals surface area contributed by atoms with Crippen LogP contribution in [0.3, 0.4) is 0 Å². The molecule has 0 saturated carbocycles. The van der Waals surface area contributed by atoms with Crippen LogP contribution in [0.1, 0.15) is 16.7 Å². The van der Waals surface area contributed by atoms with Crippen molar-refractivity contribution in [3.63, 3.8) is 0 Å². The van der Waals surface area contributed by atoms with Crippen LogP contribution in [0.5, 0.6) is 23.0 Å². The van der Waals surface area contributed by atoms with E-state index in [0.717, 1.165) is 61.6 Å². The first-order valence-electron chi connectivity index (χ1n) is 15.1. The fourth-order valence-corrected chi connectivity index (χ4v) is 6.49. The van der Waals surface area contributed by atoms with Crippen molar-refractivity contribution in [1.82, 2.24) is 0 Å². The van der Waals surface area contributed by atoms with Crippen molar-refractivity contribution in [2.75, 3.05) is 35.5 Å². The van der Waals surface area contributed by atoms with Crippen LogP contribution < -0.4 is 18.9 Å². The summed E-state index contributed by atoms with van der Waals surface area (Å²) in [6.07, 6.45) is 6.17. The molecule has 2 aliphatic heterocycles. The Morgan fingerprint density at radius 1 is 0.522 bits per heavy atom. The molecule has 228 valence electrons. The minimum atomic E-state index is 0.386. The van der Waals surface area contributed by atoms with Gasteiger partial charge in [-0.25, -0.2) is 4.48 Å². The van der Waals surface area contributed by atoms with Gasteiger partial charge in [-0.15, -0.1) is 0 Å². The summed E-state index contributed by atoms with van der Waals surface area (Å²) in [4.78, 5) is 4.84. The zero-order valence-corrected chi connectivity index (χ0v) is 26.6. The van der Waals surface area contributed by atoms with E-state index >= 15 is 0 Å². The molecule has 2 aliphatic rings. The number of quaternary nitrogens is 1. The SMILES string of the molecule is COc1cc2c(cc1OC)C1=NC=C[N+]1(C)C(c1cc(OC)c(OC)c(-c3cc(-c4ccccc4)cc(-c4ccccc4)c3)c1)=C2. The van der Waals surface area contributed by atoms with E-state index in [1.54, 1.807) is 28.4 Å². The lowest BCUT2D eigenvalue weighted by atomic mass is 9.90. The highest BCUT2D eigenvalue weighted by Crippen LogP contribution is 2.48. The number of aliphatic imine (C=N–C) groups is 1. The number of nitrogens with zero attached hydrogens (tertiary/aromatic N) is 2. The normalized spacial score (nSPS) is 16.2. The van der Waals surface area contributed by atoms with Gasteiger partial charge in [-0.2, -0.15) is 4.99 Å². The monoisotopic (exact) mass is 607 g/mol. The van der Waals surface area contributed by atoms with E-state index in [1.807, 2.05) is 36.5 Å². The quantitative estimate of drug-likeness (QED) is 0.165. The molecule has 0 amide bonds. The third kappa shape index (κ3) is 4.84. The summed E-state index contributed by atoms with van der Waals surface area (Å²) in [5.41, 5.74) is 10.5. The Morgan fingerprint density at radius 3 is 1.70 bits per heavy atom. The minimum absolute atomic E-state index is 0.386. The molecule has 7 rings (SSSR count). The first kappa shape index (κ1) is 29.1. The van der Waals surface area contributed by atoms with E-state index in [9.17, 15) is 0 Å². The molecule has 46 heavy (non-hydrogen) atoms. The summed E-state index contributed by atoms with van der Waals surface area (Å²) in [6.45, 7) is 0. The third-order valence-corrected chi connectivity index (χ3v) is 8.82. The highest BCUT2D eigenvalue weighted by Gasteiger charge is 2.43. The van der Waals surface area contributed by atoms with E-state index in [1.165, 1.54) is 0 Å². The second-order valence-corrected chi connectivity index (χ2v) is 11.4. The highest BCUT2D eigenvalue weighted by molar-refractivity contribution is 6.07. The zero-order valence-electron chi connectivity index (χ0n) is 26.6. The van der Waals surface area contributed by atoms with Crippen molar-refractivity contribution >= 4 is 17.6 Å². The number of ether oxygens (including phenoxy) is 4. The lowest BCUT2D eigenvalue weighted by Crippen LogP contribution is -2.43. The topological polar surface area (TPSA) is 49.3 Å². The Labute approximate surface area is 269 Å². The Bertz CT molecular complexity index is 1990. The van der Waals surface area contributed by atoms with Gasteiger partial charge in [0.25, 0.3) is 0 Å². The fraction of sp³-hybridized carbons (Fsp3) is 0.125. The third-order valence-electron chi connectivity index (χ3n) is 8.82. The average Bonchev–Trinajstić information content (AvgIpc) is 3.53. The van der Waals surface area contributed by atoms with Crippen LogP contribution in [0.25, 0.3) is 45.2 Å². The lowest BCUT2D eigenvalue weighted by molar-refractivity contribution is -0.680. The molecule has 1 atom stereocenters. The highest BCUT2D eigenvalue weighted by atomic mass is 16.5. The molecule has 6 heteroatoms. The van der Waals surface area contributed by atoms with Gasteiger partial charge in [-0.05, 0) is 75.8 Å². The second-order valence-electron chi connectivity index (χ2n) is 11.4. The van der Waals surface area contributed by atoms with Gasteiger partial charge in [0, 0.05) is 17.2 Å². The van der Waals surface area contributed by atoms with Gasteiger partial charge in [0.05, 0.1) is 47.3 Å². The molecular weight excluding hydrogens is 572 g/mol. The van der Waals surface area contributed by atoms with E-state index in [2.05, 4.69) is 92.1 Å². The van der Waals surface area contributed by atoms with Gasteiger partial charge in [0.15, 0.2) is 28.7 Å². The zero-order chi connectivity index (χ0) is 31.8. The van der Waals surface area contributed by atoms with Crippen molar-refractivity contribution in [1.29, 1.82) is 0 Å². The molecule has 0 saturated heterocycles. The van der Waals surface area contributed by atoms with Crippen molar-refractivity contribution in [2.45, 2.75) is 0 Å². The number of amidine groups is 1. The summed E-state index contributed by atoms with van der Waals surface area (Å²) < 4.78 is 23.8. The largest absolute Gasteiger partial charge is 0.493 e. The predicted octanol–water partition coefficient (Wildman–Crippen LogP) is 8.91. The Morgan fingerprint density at radius 2 is 1.11 bits per heavy atom. The Balaban J connectivity index is 1.47. The molecule has 0 aliphatic carbocycles. The molecule has 5 aromatic carbocycles. The van der Waals surface area contributed by atoms with Crippen LogP contribution >= 0.6 is 0 Å². The molecule has 6 nitrogen and oxygen atoms in total. The maximum Gasteiger partial charge on any atom is 0.245 e. The molecule has 0 fully saturated rings. The number of rotatable bonds is 8. The van der Waals surface area contributed by atoms with Gasteiger partial charge < -0.3 is 18.9 Å². The number of benzene rings is 5. The molecule has 0 aromatic heterocycles. The molecule has 0 bridgehead atoms. The van der Waals surface area contributed by atoms with Crippen LogP contribution in [0.4, 0.5) is 0 Å². The van der Waals surface area contributed by atoms with E-state index < -0.39 is 0 Å². The van der Waals surface area contributed by atoms with Crippen LogP contribution in [-0.2, 0) is 0 Å². The molecule has 0 radical (unpaired) electrons. The smallest absolute Gasteiger partial charge is 0.245 e. The van der Waals surface area contributed by atoms with Gasteiger partial charge in [-0.1, -0.05) is 60.7 Å². The predicted molar refractivity (Wildman–Crippen MR) is 185 cm³/mol. The Kier molecular flexibility index (Phi) is 7.43. The molecule has 5 aromatic rings. The molecule has 2 heterocycles. The number of methoxy groups -OCH3 is 4. The average molecular weight is 608 g/mol. The van der Waals surface area contributed by atoms with Crippen molar-refractivity contribution in [3.05, 3.63) is 132 Å². The molecule has 0 spiro atoms. The molecular formula is C40H35N2O4+. The van der Waals surface area contributed by atoms with Crippen molar-refractivity contribution in [3.8, 4) is 56.4 Å². The standard InChI is InChI=1S/C40H35N2O4/c1-42-17-16-41-40(42)34-25-37(44-3)36(43-2)23-31(34)22-35(42)32-21-33(39(46-5)38(24-32)45-4)30-19-28(26-12-8-6-9-13-26)18-29(20-30)27-14-10-7-11-15-27/h6-25H,1-5H3/q+1. The molecule has 1 unspecified atom stereocenters. The van der Waals surface area contributed by atoms with Gasteiger partial charge in [0.1, 0.15) is 6.20 Å². The van der Waals surface area contributed by atoms with Crippen LogP contribution in [0, 0.1) is 0 Å². The fourth-order valence-electron chi connectivity index (χ4n) is 6.49. The van der Waals surface area contributed by atoms with E-state index in [0.29, 0.717) is 27.5 Å². The summed E-state index contributed by atoms with van der Waals surface area (Å²) in [6, 6.07) is 35.9. The van der Waals surface area contributed by atoms with Crippen molar-refractivity contribution in [2.24, 2.45) is 4.99 Å². The maximum atomic E-state index is 6.06. The summed E-state index contributed by atoms with van der Waals surface area (Å²) >= 11 is 0. The second kappa shape index (κ2) is 11.7.